The Kier molecular flexibility index (Phi) is 16.1. The fourth-order valence-corrected chi connectivity index (χ4v) is 11.9. The number of aromatic nitrogens is 1. The van der Waals surface area contributed by atoms with Gasteiger partial charge in [-0.3, -0.25) is 28.8 Å². The van der Waals surface area contributed by atoms with Crippen molar-refractivity contribution in [1.82, 2.24) is 25.8 Å². The fourth-order valence-electron chi connectivity index (χ4n) is 11.1. The van der Waals surface area contributed by atoms with Crippen LogP contribution in [0.15, 0.2) is 48.0 Å². The van der Waals surface area contributed by atoms with Crippen LogP contribution in [0.1, 0.15) is 121 Å². The molecule has 3 aromatic rings. The van der Waals surface area contributed by atoms with Crippen LogP contribution >= 0.6 is 11.3 Å². The zero-order chi connectivity index (χ0) is 48.9. The third-order valence-electron chi connectivity index (χ3n) is 14.4. The zero-order valence-corrected chi connectivity index (χ0v) is 41.1. The van der Waals surface area contributed by atoms with E-state index in [1.54, 1.807) is 16.8 Å². The number of aliphatic hydroxyl groups excluding tert-OH is 1. The third kappa shape index (κ3) is 11.8. The molecule has 68 heavy (non-hydrogen) atoms. The van der Waals surface area contributed by atoms with Gasteiger partial charge in [-0.05, 0) is 96.6 Å². The van der Waals surface area contributed by atoms with E-state index < -0.39 is 47.3 Å². The number of nitrogens with one attached hydrogen (secondary N) is 3. The third-order valence-corrected chi connectivity index (χ3v) is 15.4. The van der Waals surface area contributed by atoms with E-state index in [1.807, 2.05) is 70.2 Å². The summed E-state index contributed by atoms with van der Waals surface area (Å²) in [6.07, 6.45) is 3.47. The summed E-state index contributed by atoms with van der Waals surface area (Å²) < 4.78 is 22.6. The van der Waals surface area contributed by atoms with Crippen LogP contribution in [0, 0.1) is 29.6 Å². The van der Waals surface area contributed by atoms with E-state index in [0.29, 0.717) is 18.1 Å². The van der Waals surface area contributed by atoms with Crippen LogP contribution in [0.25, 0.3) is 10.4 Å². The van der Waals surface area contributed by atoms with Gasteiger partial charge in [-0.1, -0.05) is 58.0 Å². The van der Waals surface area contributed by atoms with E-state index in [9.17, 15) is 33.9 Å². The average molecular weight is 958 g/mol. The van der Waals surface area contributed by atoms with Gasteiger partial charge in [-0.2, -0.15) is 0 Å². The van der Waals surface area contributed by atoms with E-state index >= 15 is 0 Å². The molecule has 0 bridgehead atoms. The van der Waals surface area contributed by atoms with Gasteiger partial charge in [-0.25, -0.2) is 4.98 Å². The highest BCUT2D eigenvalue weighted by atomic mass is 32.1. The Morgan fingerprint density at radius 3 is 2.37 bits per heavy atom. The minimum Gasteiger partial charge on any atom is -0.462 e. The van der Waals surface area contributed by atoms with E-state index in [4.69, 9.17) is 18.9 Å². The molecule has 3 fully saturated rings. The van der Waals surface area contributed by atoms with Crippen LogP contribution in [-0.4, -0.2) is 108 Å². The van der Waals surface area contributed by atoms with Crippen LogP contribution < -0.4 is 20.7 Å². The first kappa shape index (κ1) is 50.6. The molecule has 17 heteroatoms. The number of benzene rings is 2. The van der Waals surface area contributed by atoms with Crippen molar-refractivity contribution in [3.63, 3.8) is 0 Å². The van der Waals surface area contributed by atoms with Crippen molar-refractivity contribution in [1.29, 1.82) is 0 Å². The molecule has 4 aliphatic rings. The fraction of sp³-hybridized carbons (Fsp3) is 0.588. The lowest BCUT2D eigenvalue weighted by Crippen LogP contribution is -2.58. The molecule has 1 saturated heterocycles. The quantitative estimate of drug-likeness (QED) is 0.0732. The molecule has 1 aliphatic heterocycles. The number of aliphatic hydroxyl groups is 1. The van der Waals surface area contributed by atoms with Gasteiger partial charge in [0.15, 0.2) is 0 Å². The zero-order valence-electron chi connectivity index (χ0n) is 40.3. The van der Waals surface area contributed by atoms with Gasteiger partial charge in [0.1, 0.15) is 30.5 Å². The summed E-state index contributed by atoms with van der Waals surface area (Å²) in [6.45, 7) is 12.6. The van der Waals surface area contributed by atoms with Gasteiger partial charge in [0.25, 0.3) is 0 Å². The van der Waals surface area contributed by atoms with Crippen molar-refractivity contribution in [2.24, 2.45) is 22.7 Å². The number of likely N-dealkylation sites (tertiary alicyclic amines) is 1. The van der Waals surface area contributed by atoms with Crippen LogP contribution in [0.3, 0.4) is 0 Å². The number of nitrogens with zero attached hydrogens (tertiary/aromatic N) is 2. The highest BCUT2D eigenvalue weighted by Crippen LogP contribution is 2.63. The Morgan fingerprint density at radius 1 is 0.926 bits per heavy atom. The molecule has 4 amide bonds. The maximum Gasteiger partial charge on any atom is 0.308 e. The first-order valence-electron chi connectivity index (χ1n) is 23.8. The van der Waals surface area contributed by atoms with Crippen molar-refractivity contribution < 1.29 is 52.8 Å². The molecule has 0 spiro atoms. The number of amides is 4. The Morgan fingerprint density at radius 2 is 1.68 bits per heavy atom. The number of thiazole rings is 1. The van der Waals surface area contributed by atoms with Crippen molar-refractivity contribution >= 4 is 46.9 Å². The molecule has 2 aromatic carbocycles. The van der Waals surface area contributed by atoms with Gasteiger partial charge >= 0.3 is 11.9 Å². The van der Waals surface area contributed by atoms with E-state index in [0.717, 1.165) is 58.5 Å². The van der Waals surface area contributed by atoms with Crippen molar-refractivity contribution in [3.8, 4) is 16.2 Å². The molecule has 3 aliphatic carbocycles. The smallest absolute Gasteiger partial charge is 0.308 e. The number of carbonyl (C=O) groups is 6. The van der Waals surface area contributed by atoms with Gasteiger partial charge < -0.3 is 44.9 Å². The van der Waals surface area contributed by atoms with Crippen LogP contribution in [0.4, 0.5) is 0 Å². The van der Waals surface area contributed by atoms with Gasteiger partial charge in [0.05, 0.1) is 48.0 Å². The maximum absolute atomic E-state index is 14.0. The molecule has 16 nitrogen and oxygen atoms in total. The Hall–Kier alpha value is -5.23. The topological polar surface area (TPSA) is 212 Å². The molecule has 1 aromatic heterocycles. The predicted molar refractivity (Wildman–Crippen MR) is 253 cm³/mol. The summed E-state index contributed by atoms with van der Waals surface area (Å²) in [5.41, 5.74) is 5.89. The largest absolute Gasteiger partial charge is 0.462 e. The Labute approximate surface area is 402 Å². The molecule has 368 valence electrons. The van der Waals surface area contributed by atoms with Crippen molar-refractivity contribution in [2.45, 2.75) is 136 Å². The summed E-state index contributed by atoms with van der Waals surface area (Å²) in [4.78, 5) is 84.7. The monoisotopic (exact) mass is 957 g/mol. The standard InChI is InChI=1S/C51H67N5O11S/c1-29-46(68-28-53-29)33-10-8-32(9-11-33)25-52-48(62)42-22-34(59)26-56(42)49(63)47(50(4,5)6)55-45(61)27-65-21-20-64-19-17-44(60)54-41-24-38-37(36-13-12-35(23-39(36)41)66-30(2)57)16-18-51(7)40(38)14-15-43(51)67-31(3)58/h8-13,23,28,34,37-38,40-43,47,59H,14-22,24-27H2,1-7H3,(H,52,62)(H,54,60)(H,55,61)/t34-,37+,38-,40-,41?,42-,43+,47?,51+/m1/s1. The number of hydrogen-bond donors (Lipinski definition) is 4. The minimum absolute atomic E-state index is 0.0422. The molecule has 2 saturated carbocycles. The second-order valence-electron chi connectivity index (χ2n) is 20.2. The Bertz CT molecular complexity index is 2330. The highest BCUT2D eigenvalue weighted by Gasteiger charge is 2.57. The number of ether oxygens (including phenoxy) is 4. The average Bonchev–Trinajstić information content (AvgIpc) is 3.99. The minimum atomic E-state index is -1.01. The number of fused-ring (bicyclic) bond motifs is 5. The van der Waals surface area contributed by atoms with E-state index in [2.05, 4.69) is 27.9 Å². The maximum atomic E-state index is 14.0. The SMILES string of the molecule is CC(=O)Oc1ccc2c(c1)C(NC(=O)CCOCCOCC(=O)NC(C(=O)N1C[C@H](O)C[C@@H]1C(=O)NCc1ccc(-c3scnc3C)cc1)C(C)(C)C)C[C@H]1[C@H]3CC[C@H](OC(C)=O)[C@@]3(C)CC[C@@H]21. The molecular weight excluding hydrogens is 891 g/mol. The molecule has 9 atom stereocenters. The van der Waals surface area contributed by atoms with Crippen LogP contribution in [0.5, 0.6) is 5.75 Å². The summed E-state index contributed by atoms with van der Waals surface area (Å²) in [7, 11) is 0. The summed E-state index contributed by atoms with van der Waals surface area (Å²) in [5, 5.41) is 19.5. The summed E-state index contributed by atoms with van der Waals surface area (Å²) in [5.74, 6) is -0.980. The Balaban J connectivity index is 0.862. The number of esters is 2. The number of hydrogen-bond acceptors (Lipinski definition) is 13. The lowest BCUT2D eigenvalue weighted by Gasteiger charge is -2.51. The second-order valence-corrected chi connectivity index (χ2v) is 21.1. The number of rotatable bonds is 17. The molecule has 7 rings (SSSR count). The summed E-state index contributed by atoms with van der Waals surface area (Å²) in [6, 6.07) is 11.3. The number of β-amino-alcohol motifs (C(OH)–C–C–N with tert-alkyl or cyclic N) is 1. The molecule has 0 radical (unpaired) electrons. The highest BCUT2D eigenvalue weighted by molar-refractivity contribution is 7.13. The normalized spacial score (nSPS) is 25.6. The van der Waals surface area contributed by atoms with Crippen molar-refractivity contribution in [2.75, 3.05) is 33.0 Å². The lowest BCUT2D eigenvalue weighted by atomic mass is 9.54. The predicted octanol–water partition coefficient (Wildman–Crippen LogP) is 5.68. The molecule has 4 N–H and O–H groups in total. The number of aryl methyl sites for hydroxylation is 1. The first-order valence-corrected chi connectivity index (χ1v) is 24.7. The van der Waals surface area contributed by atoms with Gasteiger partial charge in [0, 0.05) is 45.2 Å². The van der Waals surface area contributed by atoms with Gasteiger partial charge in [-0.15, -0.1) is 11.3 Å². The van der Waals surface area contributed by atoms with Crippen molar-refractivity contribution in [3.05, 3.63) is 70.4 Å². The van der Waals surface area contributed by atoms with Gasteiger partial charge in [0.2, 0.25) is 23.6 Å². The first-order chi connectivity index (χ1) is 32.3. The van der Waals surface area contributed by atoms with E-state index in [-0.39, 0.29) is 93.6 Å². The number of carbonyl (C=O) groups excluding carboxylic acids is 6. The van der Waals surface area contributed by atoms with E-state index in [1.165, 1.54) is 18.7 Å². The lowest BCUT2D eigenvalue weighted by molar-refractivity contribution is -0.155. The van der Waals surface area contributed by atoms with Crippen LogP contribution in [0.2, 0.25) is 0 Å². The molecule has 2 unspecified atom stereocenters. The molecule has 2 heterocycles. The second kappa shape index (κ2) is 21.6. The van der Waals surface area contributed by atoms with Crippen LogP contribution in [-0.2, 0) is 49.5 Å². The summed E-state index contributed by atoms with van der Waals surface area (Å²) >= 11 is 1.56. The molecular formula is C51H67N5O11S.